The summed E-state index contributed by atoms with van der Waals surface area (Å²) in [6.45, 7) is 3.91. The molecule has 0 radical (unpaired) electrons. The Morgan fingerprint density at radius 3 is 2.61 bits per heavy atom. The van der Waals surface area contributed by atoms with Crippen molar-refractivity contribution in [1.29, 1.82) is 0 Å². The van der Waals surface area contributed by atoms with Crippen molar-refractivity contribution in [2.24, 2.45) is 0 Å². The third-order valence-corrected chi connectivity index (χ3v) is 5.72. The minimum absolute atomic E-state index is 0.0195. The minimum Gasteiger partial charge on any atom is -0.340 e. The van der Waals surface area contributed by atoms with Gasteiger partial charge in [-0.2, -0.15) is 0 Å². The summed E-state index contributed by atoms with van der Waals surface area (Å²) in [6, 6.07) is 17.3. The van der Waals surface area contributed by atoms with Gasteiger partial charge in [0.15, 0.2) is 0 Å². The number of hydrogen-bond donors (Lipinski definition) is 0. The number of fused-ring (bicyclic) bond motifs is 1. The lowest BCUT2D eigenvalue weighted by atomic mass is 10.0. The van der Waals surface area contributed by atoms with Crippen molar-refractivity contribution in [3.05, 3.63) is 65.2 Å². The Hall–Kier alpha value is -2.43. The van der Waals surface area contributed by atoms with E-state index in [9.17, 15) is 4.79 Å². The number of rotatable bonds is 5. The van der Waals surface area contributed by atoms with Crippen LogP contribution in [0.1, 0.15) is 23.2 Å². The maximum Gasteiger partial charge on any atom is 0.254 e. The molecule has 0 atom stereocenters. The smallest absolute Gasteiger partial charge is 0.254 e. The van der Waals surface area contributed by atoms with Gasteiger partial charge in [-0.1, -0.05) is 48.0 Å². The van der Waals surface area contributed by atoms with Crippen LogP contribution in [0.2, 0.25) is 5.02 Å². The second-order valence-corrected chi connectivity index (χ2v) is 7.73. The van der Waals surface area contributed by atoms with Crippen molar-refractivity contribution < 1.29 is 4.79 Å². The SMILES string of the molecule is CN(CCN1CCCC1)C(=O)c1cc(-c2ccccc2Cl)nc2ccccc12. The third-order valence-electron chi connectivity index (χ3n) is 5.39. The molecule has 0 unspecified atom stereocenters. The summed E-state index contributed by atoms with van der Waals surface area (Å²) < 4.78 is 0. The number of likely N-dealkylation sites (N-methyl/N-ethyl adjacent to an activating group) is 1. The quantitative estimate of drug-likeness (QED) is 0.629. The summed E-state index contributed by atoms with van der Waals surface area (Å²) in [6.07, 6.45) is 2.52. The summed E-state index contributed by atoms with van der Waals surface area (Å²) in [7, 11) is 1.88. The molecule has 0 bridgehead atoms. The maximum atomic E-state index is 13.3. The maximum absolute atomic E-state index is 13.3. The number of para-hydroxylation sites is 1. The molecule has 2 aromatic carbocycles. The average Bonchev–Trinajstić information content (AvgIpc) is 3.24. The van der Waals surface area contributed by atoms with Gasteiger partial charge >= 0.3 is 0 Å². The summed E-state index contributed by atoms with van der Waals surface area (Å²) in [4.78, 5) is 22.3. The molecule has 0 N–H and O–H groups in total. The van der Waals surface area contributed by atoms with Crippen LogP contribution in [0.25, 0.3) is 22.2 Å². The number of carbonyl (C=O) groups is 1. The van der Waals surface area contributed by atoms with Gasteiger partial charge in [0.25, 0.3) is 5.91 Å². The predicted molar refractivity (Wildman–Crippen MR) is 115 cm³/mol. The molecular weight excluding hydrogens is 370 g/mol. The summed E-state index contributed by atoms with van der Waals surface area (Å²) in [5.74, 6) is 0.0195. The molecule has 1 fully saturated rings. The zero-order chi connectivity index (χ0) is 19.5. The zero-order valence-electron chi connectivity index (χ0n) is 16.1. The van der Waals surface area contributed by atoms with Crippen molar-refractivity contribution in [2.45, 2.75) is 12.8 Å². The first-order valence-electron chi connectivity index (χ1n) is 9.76. The Kier molecular flexibility index (Phi) is 5.60. The number of pyridine rings is 1. The first kappa shape index (κ1) is 18.9. The van der Waals surface area contributed by atoms with Crippen molar-refractivity contribution in [1.82, 2.24) is 14.8 Å². The number of amides is 1. The van der Waals surface area contributed by atoms with E-state index in [2.05, 4.69) is 4.90 Å². The fourth-order valence-corrected chi connectivity index (χ4v) is 4.00. The van der Waals surface area contributed by atoms with Crippen LogP contribution < -0.4 is 0 Å². The molecule has 144 valence electrons. The van der Waals surface area contributed by atoms with E-state index in [1.165, 1.54) is 12.8 Å². The predicted octanol–water partition coefficient (Wildman–Crippen LogP) is 4.72. The van der Waals surface area contributed by atoms with Gasteiger partial charge in [-0.05, 0) is 44.1 Å². The van der Waals surface area contributed by atoms with E-state index >= 15 is 0 Å². The van der Waals surface area contributed by atoms with Gasteiger partial charge in [-0.25, -0.2) is 4.98 Å². The van der Waals surface area contributed by atoms with Crippen molar-refractivity contribution in [3.8, 4) is 11.3 Å². The number of halogens is 1. The Morgan fingerprint density at radius 2 is 1.82 bits per heavy atom. The number of hydrogen-bond acceptors (Lipinski definition) is 3. The van der Waals surface area contributed by atoms with Crippen LogP contribution in [0.15, 0.2) is 54.6 Å². The standard InChI is InChI=1S/C23H24ClN3O/c1-26(14-15-27-12-6-7-13-27)23(28)19-16-22(18-9-2-4-10-20(18)24)25-21-11-5-3-8-17(19)21/h2-5,8-11,16H,6-7,12-15H2,1H3. The largest absolute Gasteiger partial charge is 0.340 e. The van der Waals surface area contributed by atoms with Crippen LogP contribution in [0.5, 0.6) is 0 Å². The molecule has 1 saturated heterocycles. The third kappa shape index (κ3) is 3.89. The fraction of sp³-hybridized carbons (Fsp3) is 0.304. The van der Waals surface area contributed by atoms with Gasteiger partial charge in [-0.15, -0.1) is 0 Å². The molecule has 1 aromatic heterocycles. The zero-order valence-corrected chi connectivity index (χ0v) is 16.8. The molecule has 4 rings (SSSR count). The Balaban J connectivity index is 1.68. The van der Waals surface area contributed by atoms with Gasteiger partial charge in [0.2, 0.25) is 0 Å². The lowest BCUT2D eigenvalue weighted by Gasteiger charge is -2.22. The monoisotopic (exact) mass is 393 g/mol. The lowest BCUT2D eigenvalue weighted by molar-refractivity contribution is 0.0784. The van der Waals surface area contributed by atoms with E-state index in [-0.39, 0.29) is 5.91 Å². The minimum atomic E-state index is 0.0195. The van der Waals surface area contributed by atoms with Crippen molar-refractivity contribution in [2.75, 3.05) is 33.2 Å². The molecule has 1 amide bonds. The van der Waals surface area contributed by atoms with Gasteiger partial charge in [0.05, 0.1) is 16.8 Å². The van der Waals surface area contributed by atoms with Crippen LogP contribution in [0, 0.1) is 0 Å². The van der Waals surface area contributed by atoms with Crippen molar-refractivity contribution >= 4 is 28.4 Å². The molecule has 0 saturated carbocycles. The molecule has 0 spiro atoms. The first-order valence-corrected chi connectivity index (χ1v) is 10.1. The highest BCUT2D eigenvalue weighted by Crippen LogP contribution is 2.30. The summed E-state index contributed by atoms with van der Waals surface area (Å²) >= 11 is 6.39. The van der Waals surface area contributed by atoms with Crippen LogP contribution in [-0.4, -0.2) is 53.9 Å². The summed E-state index contributed by atoms with van der Waals surface area (Å²) in [5, 5.41) is 1.50. The van der Waals surface area contributed by atoms with Crippen LogP contribution in [0.3, 0.4) is 0 Å². The first-order chi connectivity index (χ1) is 13.6. The van der Waals surface area contributed by atoms with Crippen LogP contribution in [-0.2, 0) is 0 Å². The van der Waals surface area contributed by atoms with Gasteiger partial charge in [0, 0.05) is 36.1 Å². The molecular formula is C23H24ClN3O. The molecule has 1 aliphatic rings. The molecule has 28 heavy (non-hydrogen) atoms. The molecule has 4 nitrogen and oxygen atoms in total. The Morgan fingerprint density at radius 1 is 1.11 bits per heavy atom. The van der Waals surface area contributed by atoms with E-state index in [1.54, 1.807) is 0 Å². The van der Waals surface area contributed by atoms with Gasteiger partial charge in [-0.3, -0.25) is 4.79 Å². The number of carbonyl (C=O) groups excluding carboxylic acids is 1. The highest BCUT2D eigenvalue weighted by molar-refractivity contribution is 6.33. The average molecular weight is 394 g/mol. The highest BCUT2D eigenvalue weighted by Gasteiger charge is 2.19. The number of nitrogens with zero attached hydrogens (tertiary/aromatic N) is 3. The molecule has 3 aromatic rings. The van der Waals surface area contributed by atoms with E-state index in [0.29, 0.717) is 10.6 Å². The second kappa shape index (κ2) is 8.29. The lowest BCUT2D eigenvalue weighted by Crippen LogP contribution is -2.35. The molecule has 2 heterocycles. The molecule has 0 aliphatic carbocycles. The van der Waals surface area contributed by atoms with E-state index < -0.39 is 0 Å². The Labute approximate surface area is 170 Å². The molecule has 5 heteroatoms. The van der Waals surface area contributed by atoms with E-state index in [4.69, 9.17) is 16.6 Å². The van der Waals surface area contributed by atoms with Gasteiger partial charge in [0.1, 0.15) is 0 Å². The van der Waals surface area contributed by atoms with Crippen molar-refractivity contribution in [3.63, 3.8) is 0 Å². The number of likely N-dealkylation sites (tertiary alicyclic amines) is 1. The topological polar surface area (TPSA) is 36.4 Å². The molecule has 1 aliphatic heterocycles. The number of aromatic nitrogens is 1. The van der Waals surface area contributed by atoms with Gasteiger partial charge < -0.3 is 9.80 Å². The summed E-state index contributed by atoms with van der Waals surface area (Å²) in [5.41, 5.74) is 3.03. The van der Waals surface area contributed by atoms with Crippen LogP contribution >= 0.6 is 11.6 Å². The number of benzene rings is 2. The van der Waals surface area contributed by atoms with E-state index in [0.717, 1.165) is 48.3 Å². The highest BCUT2D eigenvalue weighted by atomic mass is 35.5. The Bertz CT molecular complexity index is 998. The van der Waals surface area contributed by atoms with E-state index in [1.807, 2.05) is 66.5 Å². The van der Waals surface area contributed by atoms with Crippen LogP contribution in [0.4, 0.5) is 0 Å². The second-order valence-electron chi connectivity index (χ2n) is 7.33. The normalized spacial score (nSPS) is 14.5. The fourth-order valence-electron chi connectivity index (χ4n) is 3.76.